The zero-order valence-corrected chi connectivity index (χ0v) is 11.1. The van der Waals surface area contributed by atoms with Crippen molar-refractivity contribution >= 4 is 11.6 Å². The van der Waals surface area contributed by atoms with Gasteiger partial charge in [0.25, 0.3) is 0 Å². The average Bonchev–Trinajstić information content (AvgIpc) is 2.67. The molecule has 110 valence electrons. The molecule has 0 aromatic heterocycles. The number of alkyl halides is 2. The van der Waals surface area contributed by atoms with E-state index in [0.717, 1.165) is 32.2 Å². The smallest absolute Gasteiger partial charge is 0.387 e. The van der Waals surface area contributed by atoms with Crippen LogP contribution in [-0.4, -0.2) is 25.1 Å². The number of anilines is 1. The number of carbonyl (C=O) groups is 1. The fourth-order valence-electron chi connectivity index (χ4n) is 2.23. The van der Waals surface area contributed by atoms with Crippen molar-refractivity contribution in [3.63, 3.8) is 0 Å². The molecule has 0 bridgehead atoms. The van der Waals surface area contributed by atoms with Crippen LogP contribution in [0.1, 0.15) is 25.7 Å². The second kappa shape index (κ2) is 7.19. The number of hydrogen-bond donors (Lipinski definition) is 2. The highest BCUT2D eigenvalue weighted by Gasteiger charge is 2.19. The van der Waals surface area contributed by atoms with E-state index in [1.54, 1.807) is 12.1 Å². The first-order chi connectivity index (χ1) is 9.65. The first-order valence-electron chi connectivity index (χ1n) is 6.74. The normalized spacial score (nSPS) is 19.4. The minimum absolute atomic E-state index is 0.0339. The summed E-state index contributed by atoms with van der Waals surface area (Å²) in [5.74, 6) is -0.104. The van der Waals surface area contributed by atoms with Gasteiger partial charge in [0, 0.05) is 11.8 Å². The molecular formula is C14H18F2N2O2. The summed E-state index contributed by atoms with van der Waals surface area (Å²) in [6, 6.07) is 5.80. The van der Waals surface area contributed by atoms with Crippen LogP contribution in [-0.2, 0) is 4.79 Å². The summed E-state index contributed by atoms with van der Waals surface area (Å²) in [5, 5.41) is 5.91. The molecule has 1 aliphatic rings. The molecule has 1 amide bonds. The van der Waals surface area contributed by atoms with Crippen molar-refractivity contribution in [2.75, 3.05) is 11.9 Å². The molecular weight excluding hydrogens is 266 g/mol. The Kier molecular flexibility index (Phi) is 5.29. The van der Waals surface area contributed by atoms with Gasteiger partial charge in [-0.2, -0.15) is 8.78 Å². The highest BCUT2D eigenvalue weighted by Crippen LogP contribution is 2.20. The Morgan fingerprint density at radius 1 is 1.35 bits per heavy atom. The predicted molar refractivity (Wildman–Crippen MR) is 72.0 cm³/mol. The second-order valence-electron chi connectivity index (χ2n) is 4.75. The Hall–Kier alpha value is -1.69. The molecule has 0 spiro atoms. The van der Waals surface area contributed by atoms with E-state index >= 15 is 0 Å². The van der Waals surface area contributed by atoms with Gasteiger partial charge in [0.15, 0.2) is 0 Å². The molecule has 0 radical (unpaired) electrons. The van der Waals surface area contributed by atoms with Crippen LogP contribution >= 0.6 is 0 Å². The molecule has 1 aliphatic heterocycles. The number of ether oxygens (including phenoxy) is 1. The number of nitrogens with one attached hydrogen (secondary N) is 2. The van der Waals surface area contributed by atoms with E-state index in [1.165, 1.54) is 12.1 Å². The quantitative estimate of drug-likeness (QED) is 0.894. The van der Waals surface area contributed by atoms with E-state index in [1.807, 2.05) is 0 Å². The second-order valence-corrected chi connectivity index (χ2v) is 4.75. The highest BCUT2D eigenvalue weighted by molar-refractivity contribution is 5.95. The van der Waals surface area contributed by atoms with Gasteiger partial charge in [0.2, 0.25) is 5.91 Å². The SMILES string of the molecule is O=C(Nc1cccc(OC(F)F)c1)C1CCCCCN1. The number of amides is 1. The summed E-state index contributed by atoms with van der Waals surface area (Å²) in [6.07, 6.45) is 3.99. The van der Waals surface area contributed by atoms with E-state index in [4.69, 9.17) is 0 Å². The van der Waals surface area contributed by atoms with Gasteiger partial charge in [0.1, 0.15) is 5.75 Å². The fourth-order valence-corrected chi connectivity index (χ4v) is 2.23. The number of benzene rings is 1. The first-order valence-corrected chi connectivity index (χ1v) is 6.74. The molecule has 1 aromatic rings. The number of hydrogen-bond acceptors (Lipinski definition) is 3. The first kappa shape index (κ1) is 14.7. The largest absolute Gasteiger partial charge is 0.435 e. The summed E-state index contributed by atoms with van der Waals surface area (Å²) in [6.45, 7) is -2.04. The molecule has 1 saturated heterocycles. The molecule has 2 N–H and O–H groups in total. The molecule has 1 aromatic carbocycles. The van der Waals surface area contributed by atoms with Crippen LogP contribution in [0.3, 0.4) is 0 Å². The molecule has 1 fully saturated rings. The Balaban J connectivity index is 1.96. The van der Waals surface area contributed by atoms with E-state index < -0.39 is 6.61 Å². The third-order valence-corrected chi connectivity index (χ3v) is 3.20. The van der Waals surface area contributed by atoms with Gasteiger partial charge in [-0.3, -0.25) is 4.79 Å². The summed E-state index contributed by atoms with van der Waals surface area (Å²) >= 11 is 0. The van der Waals surface area contributed by atoms with Crippen molar-refractivity contribution in [1.82, 2.24) is 5.32 Å². The maximum Gasteiger partial charge on any atom is 0.387 e. The summed E-state index contributed by atoms with van der Waals surface area (Å²) < 4.78 is 28.6. The third kappa shape index (κ3) is 4.45. The molecule has 4 nitrogen and oxygen atoms in total. The van der Waals surface area contributed by atoms with Gasteiger partial charge in [-0.15, -0.1) is 0 Å². The van der Waals surface area contributed by atoms with Gasteiger partial charge < -0.3 is 15.4 Å². The molecule has 6 heteroatoms. The maximum absolute atomic E-state index is 12.1. The Bertz CT molecular complexity index is 447. The molecule has 20 heavy (non-hydrogen) atoms. The minimum atomic E-state index is -2.87. The lowest BCUT2D eigenvalue weighted by Crippen LogP contribution is -2.39. The highest BCUT2D eigenvalue weighted by atomic mass is 19.3. The molecule has 1 unspecified atom stereocenters. The Labute approximate surface area is 116 Å². The van der Waals surface area contributed by atoms with Gasteiger partial charge in [-0.1, -0.05) is 18.9 Å². The average molecular weight is 284 g/mol. The van der Waals surface area contributed by atoms with Gasteiger partial charge in [0.05, 0.1) is 6.04 Å². The van der Waals surface area contributed by atoms with Gasteiger partial charge in [-0.05, 0) is 31.5 Å². The van der Waals surface area contributed by atoms with Crippen LogP contribution < -0.4 is 15.4 Å². The van der Waals surface area contributed by atoms with Crippen LogP contribution in [0.4, 0.5) is 14.5 Å². The zero-order valence-electron chi connectivity index (χ0n) is 11.1. The van der Waals surface area contributed by atoms with Crippen molar-refractivity contribution in [1.29, 1.82) is 0 Å². The van der Waals surface area contributed by atoms with E-state index in [-0.39, 0.29) is 17.7 Å². The fraction of sp³-hybridized carbons (Fsp3) is 0.500. The number of rotatable bonds is 4. The minimum Gasteiger partial charge on any atom is -0.435 e. The van der Waals surface area contributed by atoms with Crippen molar-refractivity contribution in [3.05, 3.63) is 24.3 Å². The van der Waals surface area contributed by atoms with Crippen LogP contribution in [0.25, 0.3) is 0 Å². The third-order valence-electron chi connectivity index (χ3n) is 3.20. The van der Waals surface area contributed by atoms with E-state index in [9.17, 15) is 13.6 Å². The topological polar surface area (TPSA) is 50.4 Å². The van der Waals surface area contributed by atoms with E-state index in [2.05, 4.69) is 15.4 Å². The Morgan fingerprint density at radius 3 is 3.00 bits per heavy atom. The summed E-state index contributed by atoms with van der Waals surface area (Å²) in [7, 11) is 0. The maximum atomic E-state index is 12.1. The lowest BCUT2D eigenvalue weighted by Gasteiger charge is -2.16. The van der Waals surface area contributed by atoms with Crippen molar-refractivity contribution in [3.8, 4) is 5.75 Å². The molecule has 2 rings (SSSR count). The lowest BCUT2D eigenvalue weighted by molar-refractivity contribution is -0.118. The van der Waals surface area contributed by atoms with E-state index in [0.29, 0.717) is 5.69 Å². The summed E-state index contributed by atoms with van der Waals surface area (Å²) in [4.78, 5) is 12.1. The van der Waals surface area contributed by atoms with Crippen LogP contribution in [0.15, 0.2) is 24.3 Å². The van der Waals surface area contributed by atoms with Crippen LogP contribution in [0, 0.1) is 0 Å². The Morgan fingerprint density at radius 2 is 2.20 bits per heavy atom. The monoisotopic (exact) mass is 284 g/mol. The number of carbonyl (C=O) groups excluding carboxylic acids is 1. The molecule has 1 atom stereocenters. The standard InChI is InChI=1S/C14H18F2N2O2/c15-14(16)20-11-6-4-5-10(9-11)18-13(19)12-7-2-1-3-8-17-12/h4-6,9,12,14,17H,1-3,7-8H2,(H,18,19). The predicted octanol–water partition coefficient (Wildman–Crippen LogP) is 2.76. The van der Waals surface area contributed by atoms with Crippen molar-refractivity contribution in [2.45, 2.75) is 38.3 Å². The molecule has 0 saturated carbocycles. The van der Waals surface area contributed by atoms with Gasteiger partial charge >= 0.3 is 6.61 Å². The summed E-state index contributed by atoms with van der Waals surface area (Å²) in [5.41, 5.74) is 0.458. The van der Waals surface area contributed by atoms with Crippen LogP contribution in [0.2, 0.25) is 0 Å². The lowest BCUT2D eigenvalue weighted by atomic mass is 10.1. The molecule has 1 heterocycles. The zero-order chi connectivity index (χ0) is 14.4. The number of halogens is 2. The molecule has 0 aliphatic carbocycles. The van der Waals surface area contributed by atoms with Gasteiger partial charge in [-0.25, -0.2) is 0 Å². The van der Waals surface area contributed by atoms with Crippen LogP contribution in [0.5, 0.6) is 5.75 Å². The van der Waals surface area contributed by atoms with Crippen molar-refractivity contribution in [2.24, 2.45) is 0 Å². The van der Waals surface area contributed by atoms with Crippen molar-refractivity contribution < 1.29 is 18.3 Å².